The van der Waals surface area contributed by atoms with Crippen LogP contribution >= 0.6 is 0 Å². The van der Waals surface area contributed by atoms with E-state index in [2.05, 4.69) is 39.2 Å². The molecule has 1 unspecified atom stereocenters. The maximum absolute atomic E-state index is 6.01. The van der Waals surface area contributed by atoms with Crippen molar-refractivity contribution in [3.8, 4) is 0 Å². The van der Waals surface area contributed by atoms with Crippen LogP contribution in [-0.4, -0.2) is 42.8 Å². The van der Waals surface area contributed by atoms with Crippen molar-refractivity contribution < 1.29 is 4.74 Å². The topological polar surface area (TPSA) is 75.8 Å². The fourth-order valence-electron chi connectivity index (χ4n) is 3.40. The van der Waals surface area contributed by atoms with E-state index in [9.17, 15) is 0 Å². The molecule has 1 saturated carbocycles. The Balaban J connectivity index is 1.50. The number of nitrogens with two attached hydrogens (primary N) is 1. The van der Waals surface area contributed by atoms with Crippen molar-refractivity contribution in [2.45, 2.75) is 57.7 Å². The Hall–Kier alpha value is -1.82. The summed E-state index contributed by atoms with van der Waals surface area (Å²) in [7, 11) is 0. The number of ether oxygens (including phenoxy) is 1. The quantitative estimate of drug-likeness (QED) is 0.652. The van der Waals surface area contributed by atoms with Gasteiger partial charge in [-0.1, -0.05) is 25.3 Å². The number of aliphatic imine (C=N–C) groups is 1. The Morgan fingerprint density at radius 3 is 2.92 bits per heavy atom. The zero-order chi connectivity index (χ0) is 16.8. The summed E-state index contributed by atoms with van der Waals surface area (Å²) < 4.78 is 5.57. The van der Waals surface area contributed by atoms with Crippen LogP contribution in [0.2, 0.25) is 0 Å². The molecule has 1 atom stereocenters. The number of hydrogen-bond donors (Lipinski definition) is 2. The Kier molecular flexibility index (Phi) is 5.91. The summed E-state index contributed by atoms with van der Waals surface area (Å²) >= 11 is 0. The third-order valence-electron chi connectivity index (χ3n) is 4.76. The minimum atomic E-state index is 0.260. The Labute approximate surface area is 144 Å². The molecule has 0 spiro atoms. The lowest BCUT2D eigenvalue weighted by Crippen LogP contribution is -2.41. The molecule has 3 rings (SSSR count). The van der Waals surface area contributed by atoms with Gasteiger partial charge < -0.3 is 20.7 Å². The van der Waals surface area contributed by atoms with Gasteiger partial charge in [0.05, 0.1) is 19.3 Å². The van der Waals surface area contributed by atoms with Gasteiger partial charge in [-0.15, -0.1) is 0 Å². The molecule has 2 heterocycles. The van der Waals surface area contributed by atoms with Crippen LogP contribution in [0, 0.1) is 0 Å². The van der Waals surface area contributed by atoms with Crippen molar-refractivity contribution in [1.29, 1.82) is 0 Å². The van der Waals surface area contributed by atoms with E-state index >= 15 is 0 Å². The number of nitrogens with one attached hydrogen (secondary N) is 1. The van der Waals surface area contributed by atoms with Crippen LogP contribution in [0.15, 0.2) is 23.3 Å². The normalized spacial score (nSPS) is 23.3. The highest BCUT2D eigenvalue weighted by atomic mass is 16.5. The van der Waals surface area contributed by atoms with Gasteiger partial charge in [-0.25, -0.2) is 9.98 Å². The maximum atomic E-state index is 6.01. The van der Waals surface area contributed by atoms with Crippen molar-refractivity contribution in [3.63, 3.8) is 0 Å². The van der Waals surface area contributed by atoms with Crippen molar-refractivity contribution in [2.75, 3.05) is 24.6 Å². The third kappa shape index (κ3) is 4.84. The molecule has 6 heteroatoms. The predicted octanol–water partition coefficient (Wildman–Crippen LogP) is 2.04. The third-order valence-corrected chi connectivity index (χ3v) is 4.76. The molecule has 6 nitrogen and oxygen atoms in total. The van der Waals surface area contributed by atoms with E-state index in [0.29, 0.717) is 18.5 Å². The second kappa shape index (κ2) is 8.33. The fraction of sp³-hybridized carbons (Fsp3) is 0.667. The molecule has 1 aromatic rings. The Morgan fingerprint density at radius 1 is 1.38 bits per heavy atom. The lowest BCUT2D eigenvalue weighted by Gasteiger charge is -2.32. The van der Waals surface area contributed by atoms with E-state index in [-0.39, 0.29) is 6.10 Å². The highest BCUT2D eigenvalue weighted by molar-refractivity contribution is 5.78. The van der Waals surface area contributed by atoms with Gasteiger partial charge in [0, 0.05) is 25.3 Å². The number of rotatable bonds is 4. The molecule has 0 bridgehead atoms. The lowest BCUT2D eigenvalue weighted by molar-refractivity contribution is 0.0529. The van der Waals surface area contributed by atoms with E-state index in [4.69, 9.17) is 10.5 Å². The van der Waals surface area contributed by atoms with Gasteiger partial charge in [0.15, 0.2) is 5.96 Å². The van der Waals surface area contributed by atoms with Gasteiger partial charge in [0.2, 0.25) is 0 Å². The number of aromatic nitrogens is 1. The Morgan fingerprint density at radius 2 is 2.21 bits per heavy atom. The van der Waals surface area contributed by atoms with Crippen LogP contribution in [0.25, 0.3) is 0 Å². The zero-order valence-electron chi connectivity index (χ0n) is 14.6. The summed E-state index contributed by atoms with van der Waals surface area (Å²) in [4.78, 5) is 11.3. The first-order valence-corrected chi connectivity index (χ1v) is 9.08. The van der Waals surface area contributed by atoms with Crippen LogP contribution < -0.4 is 16.0 Å². The maximum Gasteiger partial charge on any atom is 0.189 e. The molecule has 132 valence electrons. The van der Waals surface area contributed by atoms with Crippen LogP contribution in [0.3, 0.4) is 0 Å². The molecule has 1 saturated heterocycles. The van der Waals surface area contributed by atoms with E-state index in [1.54, 1.807) is 0 Å². The van der Waals surface area contributed by atoms with Crippen molar-refractivity contribution in [1.82, 2.24) is 10.3 Å². The van der Waals surface area contributed by atoms with E-state index < -0.39 is 0 Å². The van der Waals surface area contributed by atoms with E-state index in [1.807, 2.05) is 6.20 Å². The molecule has 2 aliphatic rings. The number of pyridine rings is 1. The lowest BCUT2D eigenvalue weighted by atomic mass is 9.96. The minimum Gasteiger partial charge on any atom is -0.375 e. The first-order valence-electron chi connectivity index (χ1n) is 9.08. The highest BCUT2D eigenvalue weighted by Crippen LogP contribution is 2.17. The van der Waals surface area contributed by atoms with E-state index in [1.165, 1.54) is 32.1 Å². The molecule has 0 radical (unpaired) electrons. The Bertz CT molecular complexity index is 539. The molecular weight excluding hydrogens is 302 g/mol. The summed E-state index contributed by atoms with van der Waals surface area (Å²) in [5, 5.41) is 3.34. The second-order valence-corrected chi connectivity index (χ2v) is 6.83. The number of hydrogen-bond acceptors (Lipinski definition) is 4. The second-order valence-electron chi connectivity index (χ2n) is 6.83. The van der Waals surface area contributed by atoms with Gasteiger partial charge in [0.1, 0.15) is 5.82 Å². The molecule has 3 N–H and O–H groups in total. The average molecular weight is 331 g/mol. The van der Waals surface area contributed by atoms with Crippen molar-refractivity contribution in [2.24, 2.45) is 10.7 Å². The number of anilines is 1. The number of guanidine groups is 1. The molecule has 1 aliphatic heterocycles. The average Bonchev–Trinajstić information content (AvgIpc) is 2.61. The first-order chi connectivity index (χ1) is 11.7. The van der Waals surface area contributed by atoms with Gasteiger partial charge >= 0.3 is 0 Å². The highest BCUT2D eigenvalue weighted by Gasteiger charge is 2.17. The molecule has 24 heavy (non-hydrogen) atoms. The minimum absolute atomic E-state index is 0.260. The van der Waals surface area contributed by atoms with Crippen LogP contribution in [-0.2, 0) is 11.3 Å². The molecule has 2 fully saturated rings. The summed E-state index contributed by atoms with van der Waals surface area (Å²) in [5.74, 6) is 1.55. The molecular formula is C18H29N5O. The zero-order valence-corrected chi connectivity index (χ0v) is 14.6. The standard InChI is InChI=1S/C18H29N5O/c1-14-13-23(9-10-24-14)17-8-7-15(11-20-17)12-21-18(19)22-16-5-3-2-4-6-16/h7-8,11,14,16H,2-6,9-10,12-13H2,1H3,(H3,19,21,22). The summed E-state index contributed by atoms with van der Waals surface area (Å²) in [6, 6.07) is 4.64. The molecule has 1 aromatic heterocycles. The van der Waals surface area contributed by atoms with Crippen molar-refractivity contribution >= 4 is 11.8 Å². The van der Waals surface area contributed by atoms with Crippen LogP contribution in [0.4, 0.5) is 5.82 Å². The number of morpholine rings is 1. The number of nitrogens with zero attached hydrogens (tertiary/aromatic N) is 3. The summed E-state index contributed by atoms with van der Waals surface area (Å²) in [5.41, 5.74) is 7.09. The monoisotopic (exact) mass is 331 g/mol. The molecule has 0 amide bonds. The summed E-state index contributed by atoms with van der Waals surface area (Å²) in [6.07, 6.45) is 8.47. The van der Waals surface area contributed by atoms with Crippen LogP contribution in [0.1, 0.15) is 44.6 Å². The first kappa shape index (κ1) is 17.0. The van der Waals surface area contributed by atoms with Crippen molar-refractivity contribution in [3.05, 3.63) is 23.9 Å². The fourth-order valence-corrected chi connectivity index (χ4v) is 3.40. The SMILES string of the molecule is CC1CN(c2ccc(CN=C(N)NC3CCCCC3)cn2)CCO1. The van der Waals surface area contributed by atoms with Crippen LogP contribution in [0.5, 0.6) is 0 Å². The van der Waals surface area contributed by atoms with Gasteiger partial charge in [-0.05, 0) is 31.4 Å². The largest absolute Gasteiger partial charge is 0.375 e. The van der Waals surface area contributed by atoms with Gasteiger partial charge in [-0.3, -0.25) is 0 Å². The summed E-state index contributed by atoms with van der Waals surface area (Å²) in [6.45, 7) is 5.21. The van der Waals surface area contributed by atoms with Gasteiger partial charge in [-0.2, -0.15) is 0 Å². The smallest absolute Gasteiger partial charge is 0.189 e. The predicted molar refractivity (Wildman–Crippen MR) is 97.2 cm³/mol. The molecule has 0 aromatic carbocycles. The molecule has 1 aliphatic carbocycles. The van der Waals surface area contributed by atoms with E-state index in [0.717, 1.165) is 31.1 Å². The van der Waals surface area contributed by atoms with Gasteiger partial charge in [0.25, 0.3) is 0 Å².